The lowest BCUT2D eigenvalue weighted by Crippen LogP contribution is -2.33. The Balaban J connectivity index is 2.15. The van der Waals surface area contributed by atoms with Crippen molar-refractivity contribution >= 4 is 15.9 Å². The fraction of sp³-hybridized carbons (Fsp3) is 0.500. The van der Waals surface area contributed by atoms with E-state index in [-0.39, 0.29) is 22.3 Å². The molecule has 1 aromatic heterocycles. The summed E-state index contributed by atoms with van der Waals surface area (Å²) in [6, 6.07) is 0. The Morgan fingerprint density at radius 3 is 2.52 bits per heavy atom. The zero-order chi connectivity index (χ0) is 15.8. The Morgan fingerprint density at radius 2 is 2.00 bits per heavy atom. The fourth-order valence-corrected chi connectivity index (χ4v) is 3.42. The molecule has 7 heteroatoms. The predicted molar refractivity (Wildman–Crippen MR) is 77.6 cm³/mol. The Labute approximate surface area is 124 Å². The molecule has 0 radical (unpaired) electrons. The Morgan fingerprint density at radius 1 is 1.33 bits per heavy atom. The molecule has 0 saturated heterocycles. The van der Waals surface area contributed by atoms with E-state index in [1.54, 1.807) is 0 Å². The summed E-state index contributed by atoms with van der Waals surface area (Å²) in [7, 11) is -3.96. The van der Waals surface area contributed by atoms with E-state index in [9.17, 15) is 13.2 Å². The molecule has 0 unspecified atom stereocenters. The fourth-order valence-electron chi connectivity index (χ4n) is 2.52. The van der Waals surface area contributed by atoms with Gasteiger partial charge in [0.15, 0.2) is 5.03 Å². The van der Waals surface area contributed by atoms with Crippen LogP contribution < -0.4 is 4.72 Å². The second-order valence-electron chi connectivity index (χ2n) is 6.08. The van der Waals surface area contributed by atoms with Gasteiger partial charge in [-0.15, -0.1) is 0 Å². The number of allylic oxidation sites excluding steroid dienone is 2. The molecular formula is C14H19N3O3S. The lowest BCUT2D eigenvalue weighted by Gasteiger charge is -2.06. The van der Waals surface area contributed by atoms with Gasteiger partial charge in [0.1, 0.15) is 0 Å². The van der Waals surface area contributed by atoms with Crippen LogP contribution in [0.4, 0.5) is 0 Å². The van der Waals surface area contributed by atoms with Gasteiger partial charge in [-0.05, 0) is 25.2 Å². The van der Waals surface area contributed by atoms with E-state index in [0.717, 1.165) is 11.8 Å². The highest BCUT2D eigenvalue weighted by atomic mass is 32.2. The molecule has 1 amide bonds. The SMILES string of the molecule is CC(C)=C[C@@H]1[C@H](C(=O)NS(=O)(=O)c2cnccn2)C1(C)C. The molecule has 1 aromatic rings. The van der Waals surface area contributed by atoms with Crippen LogP contribution >= 0.6 is 0 Å². The number of sulfonamides is 1. The molecule has 6 nitrogen and oxygen atoms in total. The number of rotatable bonds is 4. The van der Waals surface area contributed by atoms with E-state index in [2.05, 4.69) is 14.7 Å². The van der Waals surface area contributed by atoms with Crippen molar-refractivity contribution in [2.45, 2.75) is 32.7 Å². The summed E-state index contributed by atoms with van der Waals surface area (Å²) < 4.78 is 26.2. The molecule has 2 rings (SSSR count). The minimum atomic E-state index is -3.96. The Hall–Kier alpha value is -1.76. The molecule has 0 aromatic carbocycles. The average molecular weight is 309 g/mol. The van der Waals surface area contributed by atoms with Crippen molar-refractivity contribution in [3.8, 4) is 0 Å². The molecule has 0 aliphatic heterocycles. The monoisotopic (exact) mass is 309 g/mol. The maximum atomic E-state index is 12.2. The Kier molecular flexibility index (Phi) is 3.88. The van der Waals surface area contributed by atoms with Crippen molar-refractivity contribution in [1.29, 1.82) is 0 Å². The lowest BCUT2D eigenvalue weighted by molar-refractivity contribution is -0.121. The first-order valence-corrected chi connectivity index (χ1v) is 8.12. The van der Waals surface area contributed by atoms with Crippen molar-refractivity contribution in [3.05, 3.63) is 30.2 Å². The minimum absolute atomic E-state index is 0.0551. The van der Waals surface area contributed by atoms with Gasteiger partial charge in [-0.3, -0.25) is 9.78 Å². The molecule has 2 atom stereocenters. The van der Waals surface area contributed by atoms with Gasteiger partial charge in [-0.1, -0.05) is 25.5 Å². The van der Waals surface area contributed by atoms with E-state index >= 15 is 0 Å². The maximum Gasteiger partial charge on any atom is 0.283 e. The number of nitrogens with zero attached hydrogens (tertiary/aromatic N) is 2. The number of hydrogen-bond donors (Lipinski definition) is 1. The highest BCUT2D eigenvalue weighted by Crippen LogP contribution is 2.59. The van der Waals surface area contributed by atoms with Gasteiger partial charge in [0.2, 0.25) is 5.91 Å². The third-order valence-corrected chi connectivity index (χ3v) is 4.99. The second kappa shape index (κ2) is 5.22. The number of aromatic nitrogens is 2. The zero-order valence-electron chi connectivity index (χ0n) is 12.5. The van der Waals surface area contributed by atoms with Crippen LogP contribution in [0.15, 0.2) is 35.3 Å². The molecule has 0 spiro atoms. The normalized spacial score (nSPS) is 23.2. The summed E-state index contributed by atoms with van der Waals surface area (Å²) in [4.78, 5) is 19.6. The van der Waals surface area contributed by atoms with Crippen molar-refractivity contribution in [3.63, 3.8) is 0 Å². The molecular weight excluding hydrogens is 290 g/mol. The maximum absolute atomic E-state index is 12.2. The average Bonchev–Trinajstić information content (AvgIpc) is 2.90. The van der Waals surface area contributed by atoms with Gasteiger partial charge in [-0.2, -0.15) is 8.42 Å². The summed E-state index contributed by atoms with van der Waals surface area (Å²) >= 11 is 0. The first kappa shape index (κ1) is 15.6. The van der Waals surface area contributed by atoms with Crippen LogP contribution in [0.5, 0.6) is 0 Å². The predicted octanol–water partition coefficient (Wildman–Crippen LogP) is 1.52. The summed E-state index contributed by atoms with van der Waals surface area (Å²) in [5.41, 5.74) is 0.874. The summed E-state index contributed by atoms with van der Waals surface area (Å²) in [6.07, 6.45) is 5.77. The van der Waals surface area contributed by atoms with Gasteiger partial charge >= 0.3 is 0 Å². The smallest absolute Gasteiger partial charge is 0.274 e. The molecule has 1 saturated carbocycles. The summed E-state index contributed by atoms with van der Waals surface area (Å²) in [5.74, 6) is -0.786. The number of carbonyl (C=O) groups is 1. The van der Waals surface area contributed by atoms with Crippen LogP contribution in [0.2, 0.25) is 0 Å². The highest BCUT2D eigenvalue weighted by Gasteiger charge is 2.60. The van der Waals surface area contributed by atoms with E-state index in [0.29, 0.717) is 0 Å². The van der Waals surface area contributed by atoms with Gasteiger partial charge in [0, 0.05) is 12.4 Å². The summed E-state index contributed by atoms with van der Waals surface area (Å²) in [5, 5.41) is -0.254. The summed E-state index contributed by atoms with van der Waals surface area (Å²) in [6.45, 7) is 7.83. The molecule has 0 bridgehead atoms. The molecule has 1 aliphatic rings. The molecule has 21 heavy (non-hydrogen) atoms. The number of amides is 1. The minimum Gasteiger partial charge on any atom is -0.274 e. The van der Waals surface area contributed by atoms with Crippen molar-refractivity contribution < 1.29 is 13.2 Å². The van der Waals surface area contributed by atoms with Crippen LogP contribution in [0.3, 0.4) is 0 Å². The van der Waals surface area contributed by atoms with Crippen LogP contribution in [0, 0.1) is 17.3 Å². The Bertz CT molecular complexity index is 677. The van der Waals surface area contributed by atoms with Crippen molar-refractivity contribution in [2.75, 3.05) is 0 Å². The van der Waals surface area contributed by atoms with Crippen LogP contribution in [0.25, 0.3) is 0 Å². The van der Waals surface area contributed by atoms with E-state index in [1.807, 2.05) is 33.8 Å². The van der Waals surface area contributed by atoms with Gasteiger partial charge in [-0.25, -0.2) is 9.71 Å². The molecule has 1 N–H and O–H groups in total. The topological polar surface area (TPSA) is 89.0 Å². The first-order chi connectivity index (χ1) is 9.66. The third kappa shape index (κ3) is 3.12. The van der Waals surface area contributed by atoms with Crippen LogP contribution in [-0.4, -0.2) is 24.3 Å². The van der Waals surface area contributed by atoms with Gasteiger partial charge in [0.25, 0.3) is 10.0 Å². The molecule has 1 fully saturated rings. The van der Waals surface area contributed by atoms with Gasteiger partial charge in [0.05, 0.1) is 12.1 Å². The third-order valence-electron chi connectivity index (χ3n) is 3.76. The standard InChI is InChI=1S/C14H19N3O3S/c1-9(2)7-10-12(14(10,3)4)13(18)17-21(19,20)11-8-15-5-6-16-11/h5-8,10,12H,1-4H3,(H,17,18)/t10-,12-/m1/s1. The second-order valence-corrected chi connectivity index (χ2v) is 7.71. The van der Waals surface area contributed by atoms with Gasteiger partial charge < -0.3 is 0 Å². The molecule has 1 heterocycles. The zero-order valence-corrected chi connectivity index (χ0v) is 13.3. The lowest BCUT2D eigenvalue weighted by atomic mass is 10.1. The number of carbonyl (C=O) groups excluding carboxylic acids is 1. The number of hydrogen-bond acceptors (Lipinski definition) is 5. The van der Waals surface area contributed by atoms with Crippen LogP contribution in [-0.2, 0) is 14.8 Å². The van der Waals surface area contributed by atoms with Crippen molar-refractivity contribution in [1.82, 2.24) is 14.7 Å². The first-order valence-electron chi connectivity index (χ1n) is 6.64. The van der Waals surface area contributed by atoms with E-state index in [1.165, 1.54) is 12.4 Å². The van der Waals surface area contributed by atoms with E-state index in [4.69, 9.17) is 0 Å². The van der Waals surface area contributed by atoms with E-state index < -0.39 is 15.9 Å². The highest BCUT2D eigenvalue weighted by molar-refractivity contribution is 7.90. The number of nitrogens with one attached hydrogen (secondary N) is 1. The molecule has 1 aliphatic carbocycles. The largest absolute Gasteiger partial charge is 0.283 e. The van der Waals surface area contributed by atoms with Crippen molar-refractivity contribution in [2.24, 2.45) is 17.3 Å². The van der Waals surface area contributed by atoms with Crippen LogP contribution in [0.1, 0.15) is 27.7 Å². The molecule has 114 valence electrons. The quantitative estimate of drug-likeness (QED) is 0.852.